The Morgan fingerprint density at radius 2 is 1.91 bits per heavy atom. The van der Waals surface area contributed by atoms with Crippen LogP contribution in [0, 0.1) is 0 Å². The molecule has 0 saturated heterocycles. The first-order valence-corrected chi connectivity index (χ1v) is 7.42. The summed E-state index contributed by atoms with van der Waals surface area (Å²) in [6.45, 7) is 2.01. The maximum absolute atomic E-state index is 12.8. The van der Waals surface area contributed by atoms with E-state index < -0.39 is 6.67 Å². The quantitative estimate of drug-likeness (QED) is 0.851. The van der Waals surface area contributed by atoms with Crippen LogP contribution in [0.15, 0.2) is 30.3 Å². The van der Waals surface area contributed by atoms with Gasteiger partial charge in [-0.05, 0) is 18.4 Å². The second-order valence-electron chi connectivity index (χ2n) is 5.42. The van der Waals surface area contributed by atoms with Gasteiger partial charge in [-0.1, -0.05) is 37.3 Å². The molecule has 1 aromatic heterocycles. The number of benzene rings is 1. The Kier molecular flexibility index (Phi) is 5.63. The topological polar surface area (TPSA) is 67.9 Å². The first-order chi connectivity index (χ1) is 10.6. The van der Waals surface area contributed by atoms with Crippen LogP contribution in [0.25, 0.3) is 0 Å². The van der Waals surface area contributed by atoms with E-state index in [-0.39, 0.29) is 11.9 Å². The molecule has 1 unspecified atom stereocenters. The average Bonchev–Trinajstić information content (AvgIpc) is 2.54. The number of aryl methyl sites for hydroxylation is 1. The highest BCUT2D eigenvalue weighted by molar-refractivity contribution is 5.34. The lowest BCUT2D eigenvalue weighted by Gasteiger charge is -2.18. The van der Waals surface area contributed by atoms with Crippen molar-refractivity contribution in [1.82, 2.24) is 15.0 Å². The number of hydrogen-bond donors (Lipinski definition) is 1. The van der Waals surface area contributed by atoms with Gasteiger partial charge in [0.2, 0.25) is 11.9 Å². The summed E-state index contributed by atoms with van der Waals surface area (Å²) >= 11 is 0. The van der Waals surface area contributed by atoms with Gasteiger partial charge in [-0.25, -0.2) is 0 Å². The molecule has 0 aliphatic carbocycles. The lowest BCUT2D eigenvalue weighted by Crippen LogP contribution is -2.23. The molecule has 0 radical (unpaired) electrons. The molecule has 22 heavy (non-hydrogen) atoms. The fourth-order valence-electron chi connectivity index (χ4n) is 2.12. The SMILES string of the molecule is CC(CF)c1nc(N)nc(N(C)CCCc2ccccc2)n1. The fraction of sp³-hybridized carbons (Fsp3) is 0.438. The van der Waals surface area contributed by atoms with Crippen molar-refractivity contribution < 1.29 is 4.39 Å². The number of nitrogen functional groups attached to an aromatic ring is 1. The highest BCUT2D eigenvalue weighted by Crippen LogP contribution is 2.15. The average molecular weight is 303 g/mol. The van der Waals surface area contributed by atoms with Crippen LogP contribution in [-0.2, 0) is 6.42 Å². The fourth-order valence-corrected chi connectivity index (χ4v) is 2.12. The lowest BCUT2D eigenvalue weighted by molar-refractivity contribution is 0.436. The minimum absolute atomic E-state index is 0.134. The molecule has 1 aromatic carbocycles. The molecular weight excluding hydrogens is 281 g/mol. The summed E-state index contributed by atoms with van der Waals surface area (Å²) in [5.74, 6) is 0.660. The van der Waals surface area contributed by atoms with Crippen LogP contribution >= 0.6 is 0 Å². The van der Waals surface area contributed by atoms with E-state index in [1.165, 1.54) is 5.56 Å². The highest BCUT2D eigenvalue weighted by atomic mass is 19.1. The van der Waals surface area contributed by atoms with Gasteiger partial charge >= 0.3 is 0 Å². The zero-order valence-electron chi connectivity index (χ0n) is 13.0. The zero-order valence-corrected chi connectivity index (χ0v) is 13.0. The Hall–Kier alpha value is -2.24. The van der Waals surface area contributed by atoms with Crippen LogP contribution in [0.4, 0.5) is 16.3 Å². The molecule has 0 spiro atoms. The van der Waals surface area contributed by atoms with Gasteiger partial charge in [-0.3, -0.25) is 4.39 Å². The summed E-state index contributed by atoms with van der Waals surface area (Å²) in [5.41, 5.74) is 7.00. The number of aromatic nitrogens is 3. The third-order valence-electron chi connectivity index (χ3n) is 3.47. The summed E-state index contributed by atoms with van der Waals surface area (Å²) in [6, 6.07) is 10.3. The molecule has 1 heterocycles. The molecule has 0 aliphatic heterocycles. The number of nitrogens with zero attached hydrogens (tertiary/aromatic N) is 4. The molecule has 0 amide bonds. The van der Waals surface area contributed by atoms with Gasteiger partial charge in [0.05, 0.1) is 6.67 Å². The minimum atomic E-state index is -0.513. The summed E-state index contributed by atoms with van der Waals surface area (Å²) in [7, 11) is 1.91. The van der Waals surface area contributed by atoms with Gasteiger partial charge in [0, 0.05) is 19.5 Å². The van der Waals surface area contributed by atoms with Gasteiger partial charge in [0.1, 0.15) is 5.82 Å². The van der Waals surface area contributed by atoms with E-state index in [1.54, 1.807) is 6.92 Å². The maximum atomic E-state index is 12.8. The van der Waals surface area contributed by atoms with Crippen LogP contribution in [0.1, 0.15) is 30.7 Å². The Bertz CT molecular complexity index is 590. The van der Waals surface area contributed by atoms with Crippen LogP contribution in [0.5, 0.6) is 0 Å². The number of halogens is 1. The van der Waals surface area contributed by atoms with Crippen molar-refractivity contribution in [2.75, 3.05) is 30.9 Å². The van der Waals surface area contributed by atoms with E-state index in [0.717, 1.165) is 19.4 Å². The smallest absolute Gasteiger partial charge is 0.230 e. The summed E-state index contributed by atoms with van der Waals surface area (Å²) in [5, 5.41) is 0. The van der Waals surface area contributed by atoms with E-state index in [1.807, 2.05) is 30.1 Å². The molecule has 0 bridgehead atoms. The molecule has 0 aliphatic rings. The molecule has 118 valence electrons. The third-order valence-corrected chi connectivity index (χ3v) is 3.47. The summed E-state index contributed by atoms with van der Waals surface area (Å²) in [6.07, 6.45) is 1.96. The number of hydrogen-bond acceptors (Lipinski definition) is 5. The molecular formula is C16H22FN5. The zero-order chi connectivity index (χ0) is 15.9. The molecule has 5 nitrogen and oxygen atoms in total. The molecule has 0 saturated carbocycles. The van der Waals surface area contributed by atoms with Crippen molar-refractivity contribution in [2.45, 2.75) is 25.7 Å². The van der Waals surface area contributed by atoms with Crippen LogP contribution in [0.2, 0.25) is 0 Å². The Morgan fingerprint density at radius 1 is 1.18 bits per heavy atom. The van der Waals surface area contributed by atoms with Crippen molar-refractivity contribution >= 4 is 11.9 Å². The Balaban J connectivity index is 1.97. The van der Waals surface area contributed by atoms with Gasteiger partial charge in [-0.2, -0.15) is 15.0 Å². The second-order valence-corrected chi connectivity index (χ2v) is 5.42. The predicted octanol–water partition coefficient (Wildman–Crippen LogP) is 2.60. The van der Waals surface area contributed by atoms with E-state index in [9.17, 15) is 4.39 Å². The molecule has 2 N–H and O–H groups in total. The summed E-state index contributed by atoms with van der Waals surface area (Å²) in [4.78, 5) is 14.4. The first kappa shape index (κ1) is 16.1. The number of anilines is 2. The van der Waals surface area contributed by atoms with E-state index in [4.69, 9.17) is 5.73 Å². The Morgan fingerprint density at radius 3 is 2.59 bits per heavy atom. The molecule has 6 heteroatoms. The first-order valence-electron chi connectivity index (χ1n) is 7.42. The summed E-state index contributed by atoms with van der Waals surface area (Å²) < 4.78 is 12.8. The normalized spacial score (nSPS) is 12.1. The van der Waals surface area contributed by atoms with Gasteiger partial charge < -0.3 is 10.6 Å². The number of rotatable bonds is 7. The maximum Gasteiger partial charge on any atom is 0.230 e. The van der Waals surface area contributed by atoms with Gasteiger partial charge in [0.25, 0.3) is 0 Å². The Labute approximate surface area is 130 Å². The van der Waals surface area contributed by atoms with Gasteiger partial charge in [-0.15, -0.1) is 0 Å². The monoisotopic (exact) mass is 303 g/mol. The van der Waals surface area contributed by atoms with Crippen molar-refractivity contribution in [2.24, 2.45) is 0 Å². The van der Waals surface area contributed by atoms with Gasteiger partial charge in [0.15, 0.2) is 0 Å². The molecule has 1 atom stereocenters. The highest BCUT2D eigenvalue weighted by Gasteiger charge is 2.14. The molecule has 0 fully saturated rings. The van der Waals surface area contributed by atoms with Crippen LogP contribution in [-0.4, -0.2) is 35.2 Å². The van der Waals surface area contributed by atoms with Crippen molar-refractivity contribution in [3.8, 4) is 0 Å². The van der Waals surface area contributed by atoms with Crippen LogP contribution in [0.3, 0.4) is 0 Å². The van der Waals surface area contributed by atoms with Crippen molar-refractivity contribution in [3.05, 3.63) is 41.7 Å². The third kappa shape index (κ3) is 4.38. The second kappa shape index (κ2) is 7.68. The van der Waals surface area contributed by atoms with Crippen molar-refractivity contribution in [3.63, 3.8) is 0 Å². The molecule has 2 aromatic rings. The van der Waals surface area contributed by atoms with E-state index in [0.29, 0.717) is 11.8 Å². The van der Waals surface area contributed by atoms with E-state index in [2.05, 4.69) is 27.1 Å². The number of alkyl halides is 1. The van der Waals surface area contributed by atoms with Crippen LogP contribution < -0.4 is 10.6 Å². The largest absolute Gasteiger partial charge is 0.368 e. The minimum Gasteiger partial charge on any atom is -0.368 e. The van der Waals surface area contributed by atoms with E-state index >= 15 is 0 Å². The standard InChI is InChI=1S/C16H22FN5/c1-12(11-17)14-19-15(18)21-16(20-14)22(2)10-6-9-13-7-4-3-5-8-13/h3-5,7-8,12H,6,9-11H2,1-2H3,(H2,18,19,20,21). The van der Waals surface area contributed by atoms with Crippen molar-refractivity contribution in [1.29, 1.82) is 0 Å². The predicted molar refractivity (Wildman–Crippen MR) is 86.7 cm³/mol. The lowest BCUT2D eigenvalue weighted by atomic mass is 10.1. The number of nitrogens with two attached hydrogens (primary N) is 1. The molecule has 2 rings (SSSR count).